The summed E-state index contributed by atoms with van der Waals surface area (Å²) in [6.07, 6.45) is 4.74. The number of rotatable bonds is 5. The van der Waals surface area contributed by atoms with Gasteiger partial charge in [0.15, 0.2) is 0 Å². The quantitative estimate of drug-likeness (QED) is 0.894. The van der Waals surface area contributed by atoms with Gasteiger partial charge in [0.1, 0.15) is 11.5 Å². The standard InChI is InChI=1S/C14H17N5O/c1-3-19(10-11-6-4-5-7-16-11)14(20)12-8-18-13(15-2)9-17-12/h4-9H,3,10H2,1-2H3,(H,15,18). The second kappa shape index (κ2) is 6.60. The minimum atomic E-state index is -0.145. The first-order valence-corrected chi connectivity index (χ1v) is 6.43. The number of anilines is 1. The first-order valence-electron chi connectivity index (χ1n) is 6.43. The molecule has 0 saturated carbocycles. The summed E-state index contributed by atoms with van der Waals surface area (Å²) in [4.78, 5) is 26.5. The molecule has 2 rings (SSSR count). The summed E-state index contributed by atoms with van der Waals surface area (Å²) < 4.78 is 0. The highest BCUT2D eigenvalue weighted by Gasteiger charge is 2.16. The van der Waals surface area contributed by atoms with Crippen LogP contribution in [0.1, 0.15) is 23.1 Å². The Kier molecular flexibility index (Phi) is 4.60. The number of hydrogen-bond acceptors (Lipinski definition) is 5. The molecular formula is C14H17N5O. The molecule has 20 heavy (non-hydrogen) atoms. The van der Waals surface area contributed by atoms with E-state index >= 15 is 0 Å². The van der Waals surface area contributed by atoms with Crippen molar-refractivity contribution in [1.82, 2.24) is 19.9 Å². The second-order valence-corrected chi connectivity index (χ2v) is 4.18. The maximum atomic E-state index is 12.4. The summed E-state index contributed by atoms with van der Waals surface area (Å²) in [5.41, 5.74) is 1.18. The van der Waals surface area contributed by atoms with Crippen LogP contribution in [0.25, 0.3) is 0 Å². The molecule has 104 valence electrons. The van der Waals surface area contributed by atoms with Gasteiger partial charge in [-0.1, -0.05) is 6.07 Å². The first kappa shape index (κ1) is 13.9. The molecule has 0 spiro atoms. The molecule has 0 saturated heterocycles. The molecule has 0 aliphatic rings. The van der Waals surface area contributed by atoms with Crippen molar-refractivity contribution in [3.63, 3.8) is 0 Å². The SMILES string of the molecule is CCN(Cc1ccccn1)C(=O)c1cnc(NC)cn1. The zero-order valence-corrected chi connectivity index (χ0v) is 11.6. The van der Waals surface area contributed by atoms with Crippen LogP contribution < -0.4 is 5.32 Å². The Hall–Kier alpha value is -2.50. The fourth-order valence-corrected chi connectivity index (χ4v) is 1.74. The van der Waals surface area contributed by atoms with Gasteiger partial charge in [-0.3, -0.25) is 9.78 Å². The maximum absolute atomic E-state index is 12.4. The van der Waals surface area contributed by atoms with Gasteiger partial charge in [-0.2, -0.15) is 0 Å². The van der Waals surface area contributed by atoms with Crippen LogP contribution in [-0.2, 0) is 6.54 Å². The van der Waals surface area contributed by atoms with Crippen molar-refractivity contribution >= 4 is 11.7 Å². The van der Waals surface area contributed by atoms with Crippen molar-refractivity contribution < 1.29 is 4.79 Å². The molecule has 0 aliphatic heterocycles. The van der Waals surface area contributed by atoms with Gasteiger partial charge in [-0.25, -0.2) is 9.97 Å². The van der Waals surface area contributed by atoms with E-state index in [1.54, 1.807) is 24.3 Å². The van der Waals surface area contributed by atoms with E-state index in [0.29, 0.717) is 24.6 Å². The number of nitrogens with zero attached hydrogens (tertiary/aromatic N) is 4. The average molecular weight is 271 g/mol. The van der Waals surface area contributed by atoms with Crippen molar-refractivity contribution in [2.24, 2.45) is 0 Å². The molecule has 0 fully saturated rings. The summed E-state index contributed by atoms with van der Waals surface area (Å²) >= 11 is 0. The van der Waals surface area contributed by atoms with Crippen molar-refractivity contribution in [1.29, 1.82) is 0 Å². The van der Waals surface area contributed by atoms with E-state index in [0.717, 1.165) is 5.69 Å². The topological polar surface area (TPSA) is 71.0 Å². The molecule has 0 aromatic carbocycles. The van der Waals surface area contributed by atoms with Crippen LogP contribution in [0.2, 0.25) is 0 Å². The van der Waals surface area contributed by atoms with Crippen LogP contribution in [-0.4, -0.2) is 39.4 Å². The monoisotopic (exact) mass is 271 g/mol. The van der Waals surface area contributed by atoms with E-state index < -0.39 is 0 Å². The highest BCUT2D eigenvalue weighted by molar-refractivity contribution is 5.92. The van der Waals surface area contributed by atoms with Gasteiger partial charge in [0, 0.05) is 19.8 Å². The van der Waals surface area contributed by atoms with Crippen molar-refractivity contribution in [2.75, 3.05) is 18.9 Å². The van der Waals surface area contributed by atoms with Gasteiger partial charge in [0.25, 0.3) is 5.91 Å². The molecule has 1 amide bonds. The fraction of sp³-hybridized carbons (Fsp3) is 0.286. The molecular weight excluding hydrogens is 254 g/mol. The predicted molar refractivity (Wildman–Crippen MR) is 76.2 cm³/mol. The molecule has 0 atom stereocenters. The van der Waals surface area contributed by atoms with E-state index in [1.165, 1.54) is 6.20 Å². The Morgan fingerprint density at radius 3 is 2.65 bits per heavy atom. The minimum absolute atomic E-state index is 0.145. The third kappa shape index (κ3) is 3.28. The normalized spacial score (nSPS) is 10.1. The van der Waals surface area contributed by atoms with Gasteiger partial charge < -0.3 is 10.2 Å². The average Bonchev–Trinajstić information content (AvgIpc) is 2.53. The third-order valence-corrected chi connectivity index (χ3v) is 2.88. The lowest BCUT2D eigenvalue weighted by atomic mass is 10.3. The number of carbonyl (C=O) groups excluding carboxylic acids is 1. The van der Waals surface area contributed by atoms with E-state index in [1.807, 2.05) is 25.1 Å². The Bertz CT molecular complexity index is 556. The van der Waals surface area contributed by atoms with Gasteiger partial charge in [0.2, 0.25) is 0 Å². The Balaban J connectivity index is 2.12. The smallest absolute Gasteiger partial charge is 0.274 e. The maximum Gasteiger partial charge on any atom is 0.274 e. The summed E-state index contributed by atoms with van der Waals surface area (Å²) in [5.74, 6) is 0.489. The lowest BCUT2D eigenvalue weighted by Crippen LogP contribution is -2.31. The number of carbonyl (C=O) groups is 1. The minimum Gasteiger partial charge on any atom is -0.372 e. The Labute approximate surface area is 117 Å². The third-order valence-electron chi connectivity index (χ3n) is 2.88. The molecule has 6 nitrogen and oxygen atoms in total. The van der Waals surface area contributed by atoms with Crippen LogP contribution in [0.15, 0.2) is 36.8 Å². The fourth-order valence-electron chi connectivity index (χ4n) is 1.74. The lowest BCUT2D eigenvalue weighted by Gasteiger charge is -2.19. The molecule has 2 aromatic rings. The molecule has 2 aromatic heterocycles. The summed E-state index contributed by atoms with van der Waals surface area (Å²) in [6, 6.07) is 5.65. The summed E-state index contributed by atoms with van der Waals surface area (Å²) in [5, 5.41) is 2.87. The van der Waals surface area contributed by atoms with E-state index in [-0.39, 0.29) is 5.91 Å². The van der Waals surface area contributed by atoms with Gasteiger partial charge >= 0.3 is 0 Å². The van der Waals surface area contributed by atoms with Crippen molar-refractivity contribution in [3.8, 4) is 0 Å². The molecule has 6 heteroatoms. The number of hydrogen-bond donors (Lipinski definition) is 1. The van der Waals surface area contributed by atoms with Gasteiger partial charge in [-0.05, 0) is 19.1 Å². The molecule has 0 radical (unpaired) electrons. The van der Waals surface area contributed by atoms with Crippen molar-refractivity contribution in [2.45, 2.75) is 13.5 Å². The largest absolute Gasteiger partial charge is 0.372 e. The van der Waals surface area contributed by atoms with E-state index in [9.17, 15) is 4.79 Å². The first-order chi connectivity index (χ1) is 9.74. The zero-order valence-electron chi connectivity index (χ0n) is 11.6. The van der Waals surface area contributed by atoms with E-state index in [2.05, 4.69) is 20.3 Å². The van der Waals surface area contributed by atoms with Gasteiger partial charge in [-0.15, -0.1) is 0 Å². The molecule has 0 aliphatic carbocycles. The highest BCUT2D eigenvalue weighted by atomic mass is 16.2. The summed E-state index contributed by atoms with van der Waals surface area (Å²) in [7, 11) is 1.75. The van der Waals surface area contributed by atoms with Crippen LogP contribution in [0.4, 0.5) is 5.82 Å². The van der Waals surface area contributed by atoms with Crippen molar-refractivity contribution in [3.05, 3.63) is 48.2 Å². The lowest BCUT2D eigenvalue weighted by molar-refractivity contribution is 0.0744. The molecule has 0 unspecified atom stereocenters. The zero-order chi connectivity index (χ0) is 14.4. The van der Waals surface area contributed by atoms with Crippen LogP contribution in [0.5, 0.6) is 0 Å². The summed E-state index contributed by atoms with van der Waals surface area (Å²) in [6.45, 7) is 2.98. The van der Waals surface area contributed by atoms with Crippen LogP contribution >= 0.6 is 0 Å². The Morgan fingerprint density at radius 2 is 2.10 bits per heavy atom. The number of amides is 1. The number of nitrogens with one attached hydrogen (secondary N) is 1. The van der Waals surface area contributed by atoms with Crippen LogP contribution in [0, 0.1) is 0 Å². The molecule has 0 bridgehead atoms. The predicted octanol–water partition coefficient (Wildman–Crippen LogP) is 1.58. The second-order valence-electron chi connectivity index (χ2n) is 4.18. The Morgan fingerprint density at radius 1 is 1.25 bits per heavy atom. The number of aromatic nitrogens is 3. The van der Waals surface area contributed by atoms with Gasteiger partial charge in [0.05, 0.1) is 24.6 Å². The van der Waals surface area contributed by atoms with Crippen LogP contribution in [0.3, 0.4) is 0 Å². The molecule has 1 N–H and O–H groups in total. The number of pyridine rings is 1. The highest BCUT2D eigenvalue weighted by Crippen LogP contribution is 2.07. The van der Waals surface area contributed by atoms with E-state index in [4.69, 9.17) is 0 Å². The molecule has 2 heterocycles.